The van der Waals surface area contributed by atoms with Crippen LogP contribution in [0.4, 0.5) is 0 Å². The summed E-state index contributed by atoms with van der Waals surface area (Å²) in [4.78, 5) is 38.2. The van der Waals surface area contributed by atoms with Crippen LogP contribution in [-0.2, 0) is 24.2 Å². The molecule has 32 heavy (non-hydrogen) atoms. The maximum Gasteiger partial charge on any atom is 0.305 e. The molecule has 0 spiro atoms. The summed E-state index contributed by atoms with van der Waals surface area (Å²) in [5, 5.41) is 13.5. The van der Waals surface area contributed by atoms with E-state index in [-0.39, 0.29) is 24.4 Å². The van der Waals surface area contributed by atoms with Crippen molar-refractivity contribution in [3.05, 3.63) is 61.8 Å². The van der Waals surface area contributed by atoms with Crippen molar-refractivity contribution in [3.63, 3.8) is 0 Å². The summed E-state index contributed by atoms with van der Waals surface area (Å²) >= 11 is 7.53. The third kappa shape index (κ3) is 5.37. The lowest BCUT2D eigenvalue weighted by Crippen LogP contribution is -2.31. The number of carbonyl (C=O) groups is 2. The van der Waals surface area contributed by atoms with E-state index in [9.17, 15) is 14.4 Å². The van der Waals surface area contributed by atoms with Crippen LogP contribution in [0, 0.1) is 5.41 Å². The molecule has 3 aromatic rings. The predicted octanol–water partition coefficient (Wildman–Crippen LogP) is 4.76. The number of hydrogen-bond donors (Lipinski definition) is 1. The number of carbonyl (C=O) groups excluding carboxylic acids is 1. The van der Waals surface area contributed by atoms with Gasteiger partial charge in [0, 0.05) is 28.7 Å². The normalized spacial score (nSPS) is 11.6. The average Bonchev–Trinajstić information content (AvgIpc) is 3.36. The molecule has 0 amide bonds. The van der Waals surface area contributed by atoms with E-state index in [1.54, 1.807) is 24.4 Å². The van der Waals surface area contributed by atoms with E-state index in [0.29, 0.717) is 34.9 Å². The van der Waals surface area contributed by atoms with Gasteiger partial charge in [-0.1, -0.05) is 32.4 Å². The zero-order chi connectivity index (χ0) is 23.5. The Morgan fingerprint density at radius 1 is 1.22 bits per heavy atom. The lowest BCUT2D eigenvalue weighted by Gasteiger charge is -2.21. The number of aryl methyl sites for hydroxylation is 3. The maximum absolute atomic E-state index is 13.2. The predicted molar refractivity (Wildman–Crippen MR) is 126 cm³/mol. The first-order valence-corrected chi connectivity index (χ1v) is 11.6. The minimum atomic E-state index is -0.977. The Morgan fingerprint density at radius 2 is 1.97 bits per heavy atom. The van der Waals surface area contributed by atoms with Gasteiger partial charge in [-0.2, -0.15) is 5.10 Å². The van der Waals surface area contributed by atoms with Crippen molar-refractivity contribution in [2.45, 2.75) is 53.0 Å². The number of carboxylic acid groups (broad SMARTS) is 1. The van der Waals surface area contributed by atoms with Gasteiger partial charge in [0.2, 0.25) is 0 Å². The molecule has 0 saturated heterocycles. The average molecular weight is 476 g/mol. The lowest BCUT2D eigenvalue weighted by molar-refractivity contribution is -0.137. The topological polar surface area (TPSA) is 94.2 Å². The largest absolute Gasteiger partial charge is 0.481 e. The van der Waals surface area contributed by atoms with Crippen LogP contribution in [0.2, 0.25) is 4.34 Å². The van der Waals surface area contributed by atoms with Crippen LogP contribution >= 0.6 is 22.9 Å². The fourth-order valence-electron chi connectivity index (χ4n) is 3.20. The first kappa shape index (κ1) is 23.9. The van der Waals surface area contributed by atoms with Crippen LogP contribution in [0.15, 0.2) is 41.3 Å². The van der Waals surface area contributed by atoms with Crippen molar-refractivity contribution in [3.8, 4) is 11.3 Å². The van der Waals surface area contributed by atoms with Crippen LogP contribution in [0.1, 0.15) is 49.0 Å². The van der Waals surface area contributed by atoms with Crippen LogP contribution in [0.25, 0.3) is 11.3 Å². The van der Waals surface area contributed by atoms with Gasteiger partial charge in [0.15, 0.2) is 0 Å². The molecule has 7 nitrogen and oxygen atoms in total. The molecule has 0 aliphatic rings. The number of hydrogen-bond acceptors (Lipinski definition) is 5. The van der Waals surface area contributed by atoms with Crippen molar-refractivity contribution in [2.24, 2.45) is 5.41 Å². The highest BCUT2D eigenvalue weighted by Crippen LogP contribution is 2.27. The molecule has 0 fully saturated rings. The number of carboxylic acids is 1. The molecule has 0 atom stereocenters. The van der Waals surface area contributed by atoms with Crippen molar-refractivity contribution in [1.82, 2.24) is 14.3 Å². The molecule has 9 heteroatoms. The van der Waals surface area contributed by atoms with Crippen LogP contribution < -0.4 is 5.56 Å². The van der Waals surface area contributed by atoms with Crippen LogP contribution in [0.5, 0.6) is 0 Å². The highest BCUT2D eigenvalue weighted by Gasteiger charge is 2.30. The number of aromatic nitrogens is 3. The highest BCUT2D eigenvalue weighted by atomic mass is 35.5. The molecular formula is C23H26ClN3O4S. The van der Waals surface area contributed by atoms with Gasteiger partial charge in [-0.05, 0) is 49.6 Å². The second kappa shape index (κ2) is 9.83. The van der Waals surface area contributed by atoms with Crippen LogP contribution in [-0.4, -0.2) is 31.3 Å². The standard InChI is InChI=1S/C23H26ClN3O4S/c1-4-23(2,3)22(31)27-15(7-8-16-9-10-19(24)32-16)14-18(25-27)17-6-5-12-26(21(17)30)13-11-20(28)29/h5-6,9-10,12,14H,4,7-8,11,13H2,1-3H3,(H,28,29). The fraction of sp³-hybridized carbons (Fsp3) is 0.391. The van der Waals surface area contributed by atoms with E-state index >= 15 is 0 Å². The van der Waals surface area contributed by atoms with Crippen LogP contribution in [0.3, 0.4) is 0 Å². The van der Waals surface area contributed by atoms with Gasteiger partial charge in [-0.25, -0.2) is 4.68 Å². The summed E-state index contributed by atoms with van der Waals surface area (Å²) in [6.45, 7) is 5.77. The number of aliphatic carboxylic acids is 1. The third-order valence-electron chi connectivity index (χ3n) is 5.56. The van der Waals surface area contributed by atoms with Gasteiger partial charge >= 0.3 is 5.97 Å². The molecule has 3 aromatic heterocycles. The first-order valence-electron chi connectivity index (χ1n) is 10.4. The Morgan fingerprint density at radius 3 is 2.59 bits per heavy atom. The Bertz CT molecular complexity index is 1190. The van der Waals surface area contributed by atoms with E-state index in [1.807, 2.05) is 32.9 Å². The number of pyridine rings is 1. The Kier molecular flexibility index (Phi) is 7.36. The molecule has 0 aliphatic heterocycles. The minimum Gasteiger partial charge on any atom is -0.481 e. The summed E-state index contributed by atoms with van der Waals surface area (Å²) in [5.74, 6) is -1.11. The first-order chi connectivity index (χ1) is 15.1. The Labute approximate surface area is 195 Å². The summed E-state index contributed by atoms with van der Waals surface area (Å²) < 4.78 is 3.49. The number of thiophene rings is 1. The zero-order valence-electron chi connectivity index (χ0n) is 18.3. The molecule has 0 aliphatic carbocycles. The summed E-state index contributed by atoms with van der Waals surface area (Å²) in [6.07, 6.45) is 3.30. The van der Waals surface area contributed by atoms with Gasteiger partial charge in [-0.3, -0.25) is 14.4 Å². The molecule has 0 unspecified atom stereocenters. The van der Waals surface area contributed by atoms with E-state index < -0.39 is 11.4 Å². The second-order valence-electron chi connectivity index (χ2n) is 8.25. The molecule has 0 aromatic carbocycles. The number of rotatable bonds is 9. The fourth-order valence-corrected chi connectivity index (χ4v) is 4.29. The Hall–Kier alpha value is -2.71. The second-order valence-corrected chi connectivity index (χ2v) is 10.0. The highest BCUT2D eigenvalue weighted by molar-refractivity contribution is 7.16. The van der Waals surface area contributed by atoms with E-state index in [4.69, 9.17) is 16.7 Å². The van der Waals surface area contributed by atoms with E-state index in [1.165, 1.54) is 20.6 Å². The van der Waals surface area contributed by atoms with Gasteiger partial charge in [0.1, 0.15) is 0 Å². The van der Waals surface area contributed by atoms with E-state index in [2.05, 4.69) is 5.10 Å². The molecule has 170 valence electrons. The zero-order valence-corrected chi connectivity index (χ0v) is 19.9. The van der Waals surface area contributed by atoms with E-state index in [0.717, 1.165) is 10.6 Å². The molecule has 1 N–H and O–H groups in total. The van der Waals surface area contributed by atoms with Gasteiger partial charge in [0.25, 0.3) is 11.5 Å². The molecule has 0 saturated carbocycles. The number of nitrogens with zero attached hydrogens (tertiary/aromatic N) is 3. The molecule has 3 heterocycles. The van der Waals surface area contributed by atoms with Crippen molar-refractivity contribution < 1.29 is 14.7 Å². The number of halogens is 1. The smallest absolute Gasteiger partial charge is 0.305 e. The van der Waals surface area contributed by atoms with Crippen molar-refractivity contribution in [2.75, 3.05) is 0 Å². The van der Waals surface area contributed by atoms with Gasteiger partial charge in [0.05, 0.1) is 22.0 Å². The SMILES string of the molecule is CCC(C)(C)C(=O)n1nc(-c2cccn(CCC(=O)O)c2=O)cc1CCc1ccc(Cl)s1. The summed E-state index contributed by atoms with van der Waals surface area (Å²) in [7, 11) is 0. The molecule has 0 bridgehead atoms. The lowest BCUT2D eigenvalue weighted by atomic mass is 9.89. The van der Waals surface area contributed by atoms with Gasteiger partial charge < -0.3 is 9.67 Å². The Balaban J connectivity index is 2.00. The summed E-state index contributed by atoms with van der Waals surface area (Å²) in [5.41, 5.74) is 0.509. The quantitative estimate of drug-likeness (QED) is 0.481. The molecule has 3 rings (SSSR count). The minimum absolute atomic E-state index is 0.0660. The monoisotopic (exact) mass is 475 g/mol. The third-order valence-corrected chi connectivity index (χ3v) is 6.85. The summed E-state index contributed by atoms with van der Waals surface area (Å²) in [6, 6.07) is 8.91. The molecule has 0 radical (unpaired) electrons. The molecular weight excluding hydrogens is 450 g/mol. The van der Waals surface area contributed by atoms with Crippen molar-refractivity contribution in [1.29, 1.82) is 0 Å². The van der Waals surface area contributed by atoms with Crippen molar-refractivity contribution >= 4 is 34.8 Å². The van der Waals surface area contributed by atoms with Gasteiger partial charge in [-0.15, -0.1) is 11.3 Å². The maximum atomic E-state index is 13.2.